The van der Waals surface area contributed by atoms with E-state index in [-0.39, 0.29) is 11.3 Å². The summed E-state index contributed by atoms with van der Waals surface area (Å²) in [6.07, 6.45) is -0.767. The Balaban J connectivity index is 2.98. The molecule has 1 unspecified atom stereocenters. The number of halogens is 2. The molecule has 0 aliphatic rings. The Hall–Kier alpha value is -1.43. The Morgan fingerprint density at radius 1 is 1.35 bits per heavy atom. The van der Waals surface area contributed by atoms with Crippen LogP contribution in [0, 0.1) is 5.82 Å². The summed E-state index contributed by atoms with van der Waals surface area (Å²) in [6.45, 7) is 6.39. The molecule has 6 heteroatoms. The molecular formula is C14H17BrFNO3. The predicted molar refractivity (Wildman–Crippen MR) is 76.9 cm³/mol. The van der Waals surface area contributed by atoms with Crippen LogP contribution in [0.3, 0.4) is 0 Å². The Labute approximate surface area is 125 Å². The van der Waals surface area contributed by atoms with Gasteiger partial charge in [-0.25, -0.2) is 9.18 Å². The van der Waals surface area contributed by atoms with Crippen LogP contribution in [-0.2, 0) is 9.53 Å². The topological polar surface area (TPSA) is 55.4 Å². The number of Topliss-reactive ketones (excluding diaryl/α,β-unsaturated/α-hetero) is 1. The molecule has 0 saturated carbocycles. The van der Waals surface area contributed by atoms with Crippen LogP contribution in [0.1, 0.15) is 39.3 Å². The van der Waals surface area contributed by atoms with Gasteiger partial charge in [-0.15, -0.1) is 0 Å². The first kappa shape index (κ1) is 16.6. The molecule has 0 fully saturated rings. The highest BCUT2D eigenvalue weighted by atomic mass is 79.9. The van der Waals surface area contributed by atoms with Gasteiger partial charge in [-0.2, -0.15) is 0 Å². The van der Waals surface area contributed by atoms with Crippen LogP contribution in [-0.4, -0.2) is 17.5 Å². The molecule has 4 nitrogen and oxygen atoms in total. The van der Waals surface area contributed by atoms with Gasteiger partial charge in [0.1, 0.15) is 17.5 Å². The quantitative estimate of drug-likeness (QED) is 0.907. The Bertz CT molecular complexity index is 526. The molecule has 0 aliphatic heterocycles. The van der Waals surface area contributed by atoms with Crippen molar-refractivity contribution in [3.63, 3.8) is 0 Å². The van der Waals surface area contributed by atoms with Crippen molar-refractivity contribution in [2.24, 2.45) is 0 Å². The zero-order valence-electron chi connectivity index (χ0n) is 11.8. The molecule has 0 heterocycles. The molecular weight excluding hydrogens is 329 g/mol. The average molecular weight is 346 g/mol. The minimum absolute atomic E-state index is 0.0951. The van der Waals surface area contributed by atoms with E-state index >= 15 is 0 Å². The average Bonchev–Trinajstić information content (AvgIpc) is 2.27. The first-order valence-electron chi connectivity index (χ1n) is 6.05. The van der Waals surface area contributed by atoms with E-state index in [0.717, 1.165) is 0 Å². The lowest BCUT2D eigenvalue weighted by molar-refractivity contribution is -0.119. The zero-order chi connectivity index (χ0) is 15.5. The Morgan fingerprint density at radius 2 is 1.95 bits per heavy atom. The van der Waals surface area contributed by atoms with Crippen molar-refractivity contribution >= 4 is 27.8 Å². The van der Waals surface area contributed by atoms with Crippen LogP contribution in [0.15, 0.2) is 22.7 Å². The van der Waals surface area contributed by atoms with Crippen molar-refractivity contribution in [1.29, 1.82) is 0 Å². The SMILES string of the molecule is CC(=O)C(NC(=O)OC(C)(C)C)c1cc(Br)ccc1F. The summed E-state index contributed by atoms with van der Waals surface area (Å²) in [5, 5.41) is 2.39. The lowest BCUT2D eigenvalue weighted by Gasteiger charge is -2.23. The fraction of sp³-hybridized carbons (Fsp3) is 0.429. The van der Waals surface area contributed by atoms with Gasteiger partial charge < -0.3 is 10.1 Å². The Kier molecular flexibility index (Phi) is 5.28. The number of hydrogen-bond acceptors (Lipinski definition) is 3. The van der Waals surface area contributed by atoms with Crippen molar-refractivity contribution in [3.8, 4) is 0 Å². The third-order valence-corrected chi connectivity index (χ3v) is 2.83. The molecule has 1 atom stereocenters. The number of alkyl carbamates (subject to hydrolysis) is 1. The minimum Gasteiger partial charge on any atom is -0.444 e. The van der Waals surface area contributed by atoms with Gasteiger partial charge in [0.15, 0.2) is 5.78 Å². The van der Waals surface area contributed by atoms with Crippen molar-refractivity contribution in [1.82, 2.24) is 5.32 Å². The summed E-state index contributed by atoms with van der Waals surface area (Å²) in [5.41, 5.74) is -0.598. The zero-order valence-corrected chi connectivity index (χ0v) is 13.4. The summed E-state index contributed by atoms with van der Waals surface area (Å²) in [5.74, 6) is -0.947. The molecule has 110 valence electrons. The van der Waals surface area contributed by atoms with Crippen molar-refractivity contribution in [3.05, 3.63) is 34.1 Å². The molecule has 1 rings (SSSR count). The first-order chi connectivity index (χ1) is 9.10. The molecule has 1 amide bonds. The second-order valence-electron chi connectivity index (χ2n) is 5.36. The highest BCUT2D eigenvalue weighted by molar-refractivity contribution is 9.10. The van der Waals surface area contributed by atoms with Gasteiger partial charge in [0.05, 0.1) is 0 Å². The molecule has 1 N–H and O–H groups in total. The summed E-state index contributed by atoms with van der Waals surface area (Å²) in [7, 11) is 0. The normalized spacial score (nSPS) is 12.7. The molecule has 0 aromatic heterocycles. The second kappa shape index (κ2) is 6.35. The maximum absolute atomic E-state index is 13.8. The highest BCUT2D eigenvalue weighted by Gasteiger charge is 2.25. The number of hydrogen-bond donors (Lipinski definition) is 1. The van der Waals surface area contributed by atoms with Gasteiger partial charge in [0.25, 0.3) is 0 Å². The standard InChI is InChI=1S/C14H17BrFNO3/c1-8(18)12(17-13(19)20-14(2,3)4)10-7-9(15)5-6-11(10)16/h5-7,12H,1-4H3,(H,17,19). The number of rotatable bonds is 3. The van der Waals surface area contributed by atoms with Crippen LogP contribution >= 0.6 is 15.9 Å². The predicted octanol–water partition coefficient (Wildman–Crippen LogP) is 3.74. The first-order valence-corrected chi connectivity index (χ1v) is 6.84. The van der Waals surface area contributed by atoms with E-state index in [0.29, 0.717) is 4.47 Å². The van der Waals surface area contributed by atoms with Gasteiger partial charge in [0.2, 0.25) is 0 Å². The minimum atomic E-state index is -1.08. The number of carbonyl (C=O) groups excluding carboxylic acids is 2. The summed E-state index contributed by atoms with van der Waals surface area (Å²) >= 11 is 3.21. The fourth-order valence-corrected chi connectivity index (χ4v) is 1.94. The Morgan fingerprint density at radius 3 is 2.45 bits per heavy atom. The lowest BCUT2D eigenvalue weighted by atomic mass is 10.0. The molecule has 20 heavy (non-hydrogen) atoms. The third-order valence-electron chi connectivity index (χ3n) is 2.34. The van der Waals surface area contributed by atoms with Gasteiger partial charge in [-0.05, 0) is 45.9 Å². The summed E-state index contributed by atoms with van der Waals surface area (Å²) in [6, 6.07) is 3.12. The van der Waals surface area contributed by atoms with Crippen molar-refractivity contribution in [2.45, 2.75) is 39.3 Å². The summed E-state index contributed by atoms with van der Waals surface area (Å²) in [4.78, 5) is 23.4. The maximum Gasteiger partial charge on any atom is 0.408 e. The number of carbonyl (C=O) groups is 2. The van der Waals surface area contributed by atoms with Crippen LogP contribution in [0.25, 0.3) is 0 Å². The highest BCUT2D eigenvalue weighted by Crippen LogP contribution is 2.23. The molecule has 0 saturated heterocycles. The van der Waals surface area contributed by atoms with Crippen LogP contribution < -0.4 is 5.32 Å². The molecule has 0 aliphatic carbocycles. The molecule has 0 spiro atoms. The summed E-state index contributed by atoms with van der Waals surface area (Å²) < 4.78 is 19.5. The smallest absolute Gasteiger partial charge is 0.408 e. The number of ether oxygens (including phenoxy) is 1. The van der Waals surface area contributed by atoms with E-state index in [2.05, 4.69) is 21.2 Å². The van der Waals surface area contributed by atoms with Gasteiger partial charge in [0, 0.05) is 10.0 Å². The monoisotopic (exact) mass is 345 g/mol. The van der Waals surface area contributed by atoms with Crippen molar-refractivity contribution < 1.29 is 18.7 Å². The van der Waals surface area contributed by atoms with E-state index in [4.69, 9.17) is 4.74 Å². The fourth-order valence-electron chi connectivity index (χ4n) is 1.56. The van der Waals surface area contributed by atoms with Crippen molar-refractivity contribution in [2.75, 3.05) is 0 Å². The number of amides is 1. The molecule has 0 radical (unpaired) electrons. The molecule has 0 bridgehead atoms. The van der Waals surface area contributed by atoms with E-state index in [1.165, 1.54) is 25.1 Å². The van der Waals surface area contributed by atoms with Crippen LogP contribution in [0.4, 0.5) is 9.18 Å². The van der Waals surface area contributed by atoms with Crippen LogP contribution in [0.5, 0.6) is 0 Å². The molecule has 1 aromatic rings. The number of nitrogens with one attached hydrogen (secondary N) is 1. The lowest BCUT2D eigenvalue weighted by Crippen LogP contribution is -2.37. The van der Waals surface area contributed by atoms with E-state index in [1.807, 2.05) is 0 Å². The number of ketones is 1. The molecule has 1 aromatic carbocycles. The van der Waals surface area contributed by atoms with Crippen LogP contribution in [0.2, 0.25) is 0 Å². The van der Waals surface area contributed by atoms with Gasteiger partial charge in [-0.3, -0.25) is 4.79 Å². The largest absolute Gasteiger partial charge is 0.444 e. The third kappa shape index (κ3) is 4.92. The maximum atomic E-state index is 13.8. The number of benzene rings is 1. The van der Waals surface area contributed by atoms with E-state index in [1.54, 1.807) is 20.8 Å². The van der Waals surface area contributed by atoms with Gasteiger partial charge >= 0.3 is 6.09 Å². The second-order valence-corrected chi connectivity index (χ2v) is 6.27. The van der Waals surface area contributed by atoms with E-state index < -0.39 is 23.6 Å². The van der Waals surface area contributed by atoms with E-state index in [9.17, 15) is 14.0 Å². The van der Waals surface area contributed by atoms with Gasteiger partial charge in [-0.1, -0.05) is 15.9 Å².